The Morgan fingerprint density at radius 2 is 2.06 bits per heavy atom. The molecule has 0 aliphatic carbocycles. The third kappa shape index (κ3) is 2.37. The molecule has 0 unspecified atom stereocenters. The number of nitrogen functional groups attached to an aromatic ring is 1. The number of aromatic nitrogens is 1. The van der Waals surface area contributed by atoms with Gasteiger partial charge in [-0.3, -0.25) is 0 Å². The van der Waals surface area contributed by atoms with Crippen molar-refractivity contribution in [3.63, 3.8) is 0 Å². The minimum absolute atomic E-state index is 0.667. The molecule has 4 heteroatoms. The molecule has 18 heavy (non-hydrogen) atoms. The van der Waals surface area contributed by atoms with E-state index in [1.54, 1.807) is 7.11 Å². The van der Waals surface area contributed by atoms with Gasteiger partial charge in [0.25, 0.3) is 0 Å². The quantitative estimate of drug-likeness (QED) is 0.900. The summed E-state index contributed by atoms with van der Waals surface area (Å²) in [6.07, 6.45) is 1.81. The summed E-state index contributed by atoms with van der Waals surface area (Å²) in [5.74, 6) is 1.55. The largest absolute Gasteiger partial charge is 0.497 e. The van der Waals surface area contributed by atoms with Crippen LogP contribution in [0.15, 0.2) is 36.5 Å². The van der Waals surface area contributed by atoms with Crippen LogP contribution in [-0.2, 0) is 0 Å². The van der Waals surface area contributed by atoms with Crippen molar-refractivity contribution in [3.05, 3.63) is 42.1 Å². The Labute approximate surface area is 107 Å². The van der Waals surface area contributed by atoms with Crippen molar-refractivity contribution in [1.82, 2.24) is 4.98 Å². The highest BCUT2D eigenvalue weighted by atomic mass is 16.5. The van der Waals surface area contributed by atoms with E-state index in [9.17, 15) is 0 Å². The average molecular weight is 243 g/mol. The first-order chi connectivity index (χ1) is 8.61. The summed E-state index contributed by atoms with van der Waals surface area (Å²) in [6, 6.07) is 9.70. The van der Waals surface area contributed by atoms with Crippen molar-refractivity contribution in [2.24, 2.45) is 0 Å². The Morgan fingerprint density at radius 3 is 2.72 bits per heavy atom. The zero-order valence-electron chi connectivity index (χ0n) is 10.8. The van der Waals surface area contributed by atoms with E-state index in [2.05, 4.69) is 4.98 Å². The van der Waals surface area contributed by atoms with Gasteiger partial charge in [0.05, 0.1) is 12.8 Å². The first-order valence-corrected chi connectivity index (χ1v) is 5.71. The van der Waals surface area contributed by atoms with Crippen molar-refractivity contribution in [2.75, 3.05) is 24.8 Å². The minimum atomic E-state index is 0.667. The standard InChI is InChI=1S/C14H17N3O/c1-10-7-13(15)14(16-9-10)17(2)11-5-4-6-12(8-11)18-3/h4-9H,15H2,1-3H3. The molecule has 0 fully saturated rings. The van der Waals surface area contributed by atoms with E-state index in [0.717, 1.165) is 22.8 Å². The van der Waals surface area contributed by atoms with Gasteiger partial charge in [-0.2, -0.15) is 0 Å². The maximum absolute atomic E-state index is 5.99. The summed E-state index contributed by atoms with van der Waals surface area (Å²) < 4.78 is 5.21. The number of nitrogens with two attached hydrogens (primary N) is 1. The second kappa shape index (κ2) is 4.96. The highest BCUT2D eigenvalue weighted by Crippen LogP contribution is 2.29. The molecule has 0 radical (unpaired) electrons. The fraction of sp³-hybridized carbons (Fsp3) is 0.214. The number of methoxy groups -OCH3 is 1. The molecular weight excluding hydrogens is 226 g/mol. The molecule has 2 aromatic rings. The third-order valence-corrected chi connectivity index (χ3v) is 2.79. The molecule has 0 saturated carbocycles. The monoisotopic (exact) mass is 243 g/mol. The van der Waals surface area contributed by atoms with Crippen molar-refractivity contribution >= 4 is 17.2 Å². The predicted molar refractivity (Wildman–Crippen MR) is 74.4 cm³/mol. The predicted octanol–water partition coefficient (Wildman–Crippen LogP) is 2.75. The van der Waals surface area contributed by atoms with Gasteiger partial charge in [0.15, 0.2) is 5.82 Å². The number of nitrogens with zero attached hydrogens (tertiary/aromatic N) is 2. The lowest BCUT2D eigenvalue weighted by molar-refractivity contribution is 0.415. The van der Waals surface area contributed by atoms with E-state index in [-0.39, 0.29) is 0 Å². The van der Waals surface area contributed by atoms with E-state index < -0.39 is 0 Å². The second-order valence-corrected chi connectivity index (χ2v) is 4.19. The first-order valence-electron chi connectivity index (χ1n) is 5.71. The summed E-state index contributed by atoms with van der Waals surface area (Å²) in [7, 11) is 3.58. The molecule has 94 valence electrons. The molecule has 0 aliphatic rings. The van der Waals surface area contributed by atoms with Gasteiger partial charge in [-0.1, -0.05) is 6.07 Å². The lowest BCUT2D eigenvalue weighted by atomic mass is 10.2. The number of rotatable bonds is 3. The molecule has 0 spiro atoms. The van der Waals surface area contributed by atoms with Crippen molar-refractivity contribution in [1.29, 1.82) is 0 Å². The first kappa shape index (κ1) is 12.2. The maximum Gasteiger partial charge on any atom is 0.155 e. The maximum atomic E-state index is 5.99. The molecule has 0 bridgehead atoms. The molecule has 1 aromatic heterocycles. The van der Waals surface area contributed by atoms with E-state index in [0.29, 0.717) is 5.69 Å². The third-order valence-electron chi connectivity index (χ3n) is 2.79. The van der Waals surface area contributed by atoms with E-state index in [4.69, 9.17) is 10.5 Å². The van der Waals surface area contributed by atoms with Gasteiger partial charge in [0, 0.05) is 25.0 Å². The number of anilines is 3. The minimum Gasteiger partial charge on any atom is -0.497 e. The fourth-order valence-electron chi connectivity index (χ4n) is 1.81. The lowest BCUT2D eigenvalue weighted by Gasteiger charge is -2.20. The van der Waals surface area contributed by atoms with E-state index >= 15 is 0 Å². The molecule has 1 heterocycles. The number of hydrogen-bond donors (Lipinski definition) is 1. The highest BCUT2D eigenvalue weighted by molar-refractivity contribution is 5.71. The van der Waals surface area contributed by atoms with Gasteiger partial charge in [-0.25, -0.2) is 4.98 Å². The van der Waals surface area contributed by atoms with Gasteiger partial charge in [0.1, 0.15) is 5.75 Å². The Morgan fingerprint density at radius 1 is 1.28 bits per heavy atom. The van der Waals surface area contributed by atoms with Crippen LogP contribution in [0.4, 0.5) is 17.2 Å². The van der Waals surface area contributed by atoms with Gasteiger partial charge in [-0.05, 0) is 30.7 Å². The second-order valence-electron chi connectivity index (χ2n) is 4.19. The molecule has 0 amide bonds. The van der Waals surface area contributed by atoms with Crippen LogP contribution in [-0.4, -0.2) is 19.1 Å². The van der Waals surface area contributed by atoms with Gasteiger partial charge >= 0.3 is 0 Å². The number of pyridine rings is 1. The molecule has 2 rings (SSSR count). The number of benzene rings is 1. The molecule has 0 saturated heterocycles. The van der Waals surface area contributed by atoms with Crippen molar-refractivity contribution in [2.45, 2.75) is 6.92 Å². The number of aryl methyl sites for hydroxylation is 1. The lowest BCUT2D eigenvalue weighted by Crippen LogP contribution is -2.13. The molecule has 0 atom stereocenters. The zero-order valence-corrected chi connectivity index (χ0v) is 10.8. The van der Waals surface area contributed by atoms with Crippen LogP contribution in [0.3, 0.4) is 0 Å². The number of ether oxygens (including phenoxy) is 1. The molecule has 0 aliphatic heterocycles. The molecular formula is C14H17N3O. The summed E-state index contributed by atoms with van der Waals surface area (Å²) >= 11 is 0. The van der Waals surface area contributed by atoms with Crippen LogP contribution in [0, 0.1) is 6.92 Å². The summed E-state index contributed by atoms with van der Waals surface area (Å²) in [5, 5.41) is 0. The number of hydrogen-bond acceptors (Lipinski definition) is 4. The Kier molecular flexibility index (Phi) is 3.37. The zero-order chi connectivity index (χ0) is 13.1. The highest BCUT2D eigenvalue weighted by Gasteiger charge is 2.09. The summed E-state index contributed by atoms with van der Waals surface area (Å²) in [4.78, 5) is 6.31. The Bertz CT molecular complexity index is 554. The topological polar surface area (TPSA) is 51.4 Å². The van der Waals surface area contributed by atoms with E-state index in [1.807, 2.05) is 55.4 Å². The van der Waals surface area contributed by atoms with Crippen LogP contribution in [0.5, 0.6) is 5.75 Å². The SMILES string of the molecule is COc1cccc(N(C)c2ncc(C)cc2N)c1. The van der Waals surface area contributed by atoms with E-state index in [1.165, 1.54) is 0 Å². The Balaban J connectivity index is 2.37. The van der Waals surface area contributed by atoms with Crippen molar-refractivity contribution < 1.29 is 4.74 Å². The van der Waals surface area contributed by atoms with Crippen molar-refractivity contribution in [3.8, 4) is 5.75 Å². The molecule has 1 aromatic carbocycles. The normalized spacial score (nSPS) is 10.2. The summed E-state index contributed by atoms with van der Waals surface area (Å²) in [5.41, 5.74) is 8.70. The van der Waals surface area contributed by atoms with Crippen LogP contribution in [0.2, 0.25) is 0 Å². The van der Waals surface area contributed by atoms with Gasteiger partial charge < -0.3 is 15.4 Å². The van der Waals surface area contributed by atoms with Gasteiger partial charge in [0.2, 0.25) is 0 Å². The van der Waals surface area contributed by atoms with Crippen LogP contribution < -0.4 is 15.4 Å². The fourth-order valence-corrected chi connectivity index (χ4v) is 1.81. The Hall–Kier alpha value is -2.23. The van der Waals surface area contributed by atoms with Gasteiger partial charge in [-0.15, -0.1) is 0 Å². The van der Waals surface area contributed by atoms with Crippen LogP contribution >= 0.6 is 0 Å². The van der Waals surface area contributed by atoms with Crippen LogP contribution in [0.1, 0.15) is 5.56 Å². The average Bonchev–Trinajstić information content (AvgIpc) is 2.38. The summed E-state index contributed by atoms with van der Waals surface area (Å²) in [6.45, 7) is 1.97. The molecule has 2 N–H and O–H groups in total. The van der Waals surface area contributed by atoms with Crippen LogP contribution in [0.25, 0.3) is 0 Å². The molecule has 4 nitrogen and oxygen atoms in total. The smallest absolute Gasteiger partial charge is 0.155 e.